The Kier molecular flexibility index (Phi) is 3.28. The predicted octanol–water partition coefficient (Wildman–Crippen LogP) is 2.21. The van der Waals surface area contributed by atoms with Crippen LogP contribution in [-0.4, -0.2) is 22.7 Å². The molecule has 0 saturated carbocycles. The molecule has 0 radical (unpaired) electrons. The smallest absolute Gasteiger partial charge is 0.223 e. The largest absolute Gasteiger partial charge is 0.312 e. The Bertz CT molecular complexity index is 456. The molecule has 16 heavy (non-hydrogen) atoms. The van der Waals surface area contributed by atoms with Crippen molar-refractivity contribution in [2.24, 2.45) is 0 Å². The fourth-order valence-electron chi connectivity index (χ4n) is 1.98. The van der Waals surface area contributed by atoms with Gasteiger partial charge in [-0.15, -0.1) is 0 Å². The van der Waals surface area contributed by atoms with Crippen molar-refractivity contribution in [2.75, 3.05) is 15.9 Å². The van der Waals surface area contributed by atoms with Crippen LogP contribution in [0.3, 0.4) is 0 Å². The molecule has 0 aromatic heterocycles. The summed E-state index contributed by atoms with van der Waals surface area (Å²) >= 11 is 2.07. The fourth-order valence-corrected chi connectivity index (χ4v) is 2.42. The lowest BCUT2D eigenvalue weighted by Gasteiger charge is -2.14. The van der Waals surface area contributed by atoms with Crippen LogP contribution < -0.4 is 4.90 Å². The van der Waals surface area contributed by atoms with Crippen molar-refractivity contribution in [3.05, 3.63) is 29.3 Å². The number of alkyl halides is 1. The van der Waals surface area contributed by atoms with Crippen LogP contribution in [0, 0.1) is 0 Å². The number of carbonyl (C=O) groups excluding carboxylic acids is 2. The van der Waals surface area contributed by atoms with Gasteiger partial charge in [-0.3, -0.25) is 9.59 Å². The van der Waals surface area contributed by atoms with Crippen molar-refractivity contribution in [1.82, 2.24) is 0 Å². The summed E-state index contributed by atoms with van der Waals surface area (Å²) in [5.74, 6) is 0.205. The van der Waals surface area contributed by atoms with Gasteiger partial charge < -0.3 is 4.90 Å². The van der Waals surface area contributed by atoms with E-state index in [2.05, 4.69) is 22.6 Å². The highest BCUT2D eigenvalue weighted by molar-refractivity contribution is 14.1. The Balaban J connectivity index is 2.36. The van der Waals surface area contributed by atoms with Gasteiger partial charge in [0.1, 0.15) is 0 Å². The summed E-state index contributed by atoms with van der Waals surface area (Å²) in [5.41, 5.74) is 2.81. The molecule has 0 N–H and O–H groups in total. The van der Waals surface area contributed by atoms with E-state index in [1.54, 1.807) is 17.9 Å². The van der Waals surface area contributed by atoms with Crippen LogP contribution in [-0.2, 0) is 11.2 Å². The molecule has 0 atom stereocenters. The van der Waals surface area contributed by atoms with Crippen LogP contribution in [0.5, 0.6) is 0 Å². The molecule has 3 nitrogen and oxygen atoms in total. The maximum atomic E-state index is 11.5. The molecular formula is C12H12INO2. The van der Waals surface area contributed by atoms with Gasteiger partial charge in [0.25, 0.3) is 0 Å². The van der Waals surface area contributed by atoms with E-state index in [1.807, 2.05) is 12.1 Å². The second kappa shape index (κ2) is 4.53. The van der Waals surface area contributed by atoms with Gasteiger partial charge in [0, 0.05) is 24.7 Å². The number of ketones is 1. The lowest BCUT2D eigenvalue weighted by atomic mass is 10.1. The Hall–Kier alpha value is -0.910. The highest BCUT2D eigenvalue weighted by Crippen LogP contribution is 2.29. The normalized spacial score (nSPS) is 13.8. The van der Waals surface area contributed by atoms with Crippen LogP contribution in [0.1, 0.15) is 22.8 Å². The number of Topliss-reactive ketones (excluding diaryl/α,β-unsaturated/α-hetero) is 1. The molecule has 1 aliphatic rings. The molecule has 1 heterocycles. The molecule has 1 amide bonds. The number of anilines is 1. The van der Waals surface area contributed by atoms with Crippen LogP contribution in [0.4, 0.5) is 5.69 Å². The number of hydrogen-bond donors (Lipinski definition) is 0. The highest BCUT2D eigenvalue weighted by atomic mass is 127. The minimum atomic E-state index is 0.0618. The Labute approximate surface area is 108 Å². The zero-order chi connectivity index (χ0) is 11.7. The number of fused-ring (bicyclic) bond motifs is 1. The second-order valence-corrected chi connectivity index (χ2v) is 4.58. The van der Waals surface area contributed by atoms with Crippen molar-refractivity contribution >= 4 is 40.0 Å². The number of halogens is 1. The topological polar surface area (TPSA) is 37.4 Å². The first kappa shape index (κ1) is 11.6. The Morgan fingerprint density at radius 1 is 1.44 bits per heavy atom. The first-order valence-electron chi connectivity index (χ1n) is 5.13. The van der Waals surface area contributed by atoms with E-state index in [1.165, 1.54) is 0 Å². The molecule has 0 spiro atoms. The number of rotatable bonds is 2. The van der Waals surface area contributed by atoms with Crippen LogP contribution in [0.15, 0.2) is 18.2 Å². The Morgan fingerprint density at radius 3 is 2.81 bits per heavy atom. The summed E-state index contributed by atoms with van der Waals surface area (Å²) < 4.78 is 0.493. The lowest BCUT2D eigenvalue weighted by Crippen LogP contribution is -2.25. The highest BCUT2D eigenvalue weighted by Gasteiger charge is 2.22. The third-order valence-corrected chi connectivity index (χ3v) is 3.49. The van der Waals surface area contributed by atoms with Gasteiger partial charge in [-0.2, -0.15) is 0 Å². The number of hydrogen-bond acceptors (Lipinski definition) is 2. The second-order valence-electron chi connectivity index (χ2n) is 3.82. The number of nitrogens with zero attached hydrogens (tertiary/aromatic N) is 1. The molecule has 84 valence electrons. The van der Waals surface area contributed by atoms with E-state index in [0.717, 1.165) is 29.8 Å². The predicted molar refractivity (Wildman–Crippen MR) is 71.4 cm³/mol. The minimum absolute atomic E-state index is 0.0618. The summed E-state index contributed by atoms with van der Waals surface area (Å²) in [6, 6.07) is 5.60. The van der Waals surface area contributed by atoms with E-state index in [-0.39, 0.29) is 11.7 Å². The van der Waals surface area contributed by atoms with Gasteiger partial charge in [-0.25, -0.2) is 0 Å². The lowest BCUT2D eigenvalue weighted by molar-refractivity contribution is -0.116. The molecule has 0 fully saturated rings. The van der Waals surface area contributed by atoms with E-state index < -0.39 is 0 Å². The summed E-state index contributed by atoms with van der Waals surface area (Å²) in [6.07, 6.45) is 0.845. The fraction of sp³-hybridized carbons (Fsp3) is 0.333. The molecule has 1 aromatic carbocycles. The van der Waals surface area contributed by atoms with Crippen molar-refractivity contribution < 1.29 is 9.59 Å². The minimum Gasteiger partial charge on any atom is -0.312 e. The van der Waals surface area contributed by atoms with Gasteiger partial charge in [0.2, 0.25) is 5.91 Å². The van der Waals surface area contributed by atoms with Crippen LogP contribution in [0.25, 0.3) is 0 Å². The average Bonchev–Trinajstić information content (AvgIpc) is 2.70. The van der Waals surface area contributed by atoms with Gasteiger partial charge in [-0.1, -0.05) is 22.6 Å². The molecule has 0 unspecified atom stereocenters. The van der Waals surface area contributed by atoms with E-state index >= 15 is 0 Å². The molecular weight excluding hydrogens is 317 g/mol. The maximum Gasteiger partial charge on any atom is 0.223 e. The summed E-state index contributed by atoms with van der Waals surface area (Å²) in [4.78, 5) is 24.6. The number of carbonyl (C=O) groups is 2. The van der Waals surface area contributed by atoms with Gasteiger partial charge in [0.15, 0.2) is 5.78 Å². The van der Waals surface area contributed by atoms with Crippen molar-refractivity contribution in [1.29, 1.82) is 0 Å². The summed E-state index contributed by atoms with van der Waals surface area (Å²) in [6.45, 7) is 2.30. The van der Waals surface area contributed by atoms with Crippen molar-refractivity contribution in [3.63, 3.8) is 0 Å². The van der Waals surface area contributed by atoms with E-state index in [0.29, 0.717) is 4.43 Å². The monoisotopic (exact) mass is 329 g/mol. The molecule has 0 bridgehead atoms. The molecule has 1 aromatic rings. The molecule has 4 heteroatoms. The number of amides is 1. The number of benzene rings is 1. The van der Waals surface area contributed by atoms with E-state index in [9.17, 15) is 9.59 Å². The zero-order valence-corrected chi connectivity index (χ0v) is 11.2. The zero-order valence-electron chi connectivity index (χ0n) is 9.00. The van der Waals surface area contributed by atoms with Gasteiger partial charge in [0.05, 0.1) is 4.43 Å². The molecule has 2 rings (SSSR count). The Morgan fingerprint density at radius 2 is 2.19 bits per heavy atom. The third kappa shape index (κ3) is 1.98. The van der Waals surface area contributed by atoms with Crippen molar-refractivity contribution in [3.8, 4) is 0 Å². The molecule has 0 saturated heterocycles. The third-order valence-electron chi connectivity index (χ3n) is 2.80. The molecule has 0 aliphatic carbocycles. The average molecular weight is 329 g/mol. The maximum absolute atomic E-state index is 11.5. The van der Waals surface area contributed by atoms with Crippen molar-refractivity contribution in [2.45, 2.75) is 13.3 Å². The van der Waals surface area contributed by atoms with Crippen LogP contribution in [0.2, 0.25) is 0 Å². The van der Waals surface area contributed by atoms with E-state index in [4.69, 9.17) is 0 Å². The summed E-state index contributed by atoms with van der Waals surface area (Å²) in [7, 11) is 0. The molecule has 1 aliphatic heterocycles. The SMILES string of the molecule is CC(=O)N1CCc2cc(C(=O)CI)ccc21. The summed E-state index contributed by atoms with van der Waals surface area (Å²) in [5, 5.41) is 0. The van der Waals surface area contributed by atoms with Gasteiger partial charge >= 0.3 is 0 Å². The first-order valence-corrected chi connectivity index (χ1v) is 6.66. The first-order chi connectivity index (χ1) is 7.63. The standard InChI is InChI=1S/C12H12INO2/c1-8(15)14-5-4-9-6-10(12(16)7-13)2-3-11(9)14/h2-3,6H,4-5,7H2,1H3. The van der Waals surface area contributed by atoms with Gasteiger partial charge in [-0.05, 0) is 30.2 Å². The van der Waals surface area contributed by atoms with Crippen LogP contribution >= 0.6 is 22.6 Å². The quantitative estimate of drug-likeness (QED) is 0.474.